The number of halogens is 1. The molecule has 0 amide bonds. The number of rotatable bonds is 7. The second kappa shape index (κ2) is 9.45. The number of methoxy groups -OCH3 is 1. The van der Waals surface area contributed by atoms with Crippen LogP contribution >= 0.6 is 19.2 Å². The molecule has 13 nitrogen and oxygen atoms in total. The van der Waals surface area contributed by atoms with Gasteiger partial charge in [-0.25, -0.2) is 4.98 Å². The van der Waals surface area contributed by atoms with Crippen molar-refractivity contribution in [3.8, 4) is 0 Å². The monoisotopic (exact) mass is 493 g/mol. The number of anilines is 1. The van der Waals surface area contributed by atoms with Crippen LogP contribution < -0.4 is 4.90 Å². The van der Waals surface area contributed by atoms with E-state index in [0.717, 1.165) is 19.4 Å². The molecule has 2 aromatic heterocycles. The minimum atomic E-state index is -4.37. The van der Waals surface area contributed by atoms with Crippen molar-refractivity contribution in [2.24, 2.45) is 0 Å². The highest BCUT2D eigenvalue weighted by molar-refractivity contribution is 7.51. The van der Waals surface area contributed by atoms with Crippen LogP contribution in [0.1, 0.15) is 19.1 Å². The molecule has 0 aliphatic carbocycles. The second-order valence-electron chi connectivity index (χ2n) is 7.80. The Labute approximate surface area is 188 Å². The average molecular weight is 494 g/mol. The molecule has 0 aromatic carbocycles. The van der Waals surface area contributed by atoms with Crippen LogP contribution in [0.4, 0.5) is 5.82 Å². The third-order valence-corrected chi connectivity index (χ3v) is 6.23. The van der Waals surface area contributed by atoms with Crippen molar-refractivity contribution in [3.05, 3.63) is 11.6 Å². The molecule has 2 aliphatic rings. The summed E-state index contributed by atoms with van der Waals surface area (Å²) in [6.45, 7) is 1.04. The lowest BCUT2D eigenvalue weighted by Crippen LogP contribution is -2.39. The molecular formula is C17H25ClN5O8P. The van der Waals surface area contributed by atoms with E-state index in [2.05, 4.69) is 15.0 Å². The van der Waals surface area contributed by atoms with Crippen LogP contribution in [0.15, 0.2) is 6.33 Å². The molecule has 178 valence electrons. The summed E-state index contributed by atoms with van der Waals surface area (Å²) in [5.41, 5.74) is 0.769. The summed E-state index contributed by atoms with van der Waals surface area (Å²) in [5.74, 6) is 0.537. The van der Waals surface area contributed by atoms with Crippen LogP contribution in [0, 0.1) is 0 Å². The lowest BCUT2D eigenvalue weighted by atomic mass is 10.1. The number of piperidine rings is 1. The predicted molar refractivity (Wildman–Crippen MR) is 111 cm³/mol. The molecule has 2 aliphatic heterocycles. The van der Waals surface area contributed by atoms with E-state index in [1.165, 1.54) is 10.9 Å². The quantitative estimate of drug-likeness (QED) is 0.297. The van der Waals surface area contributed by atoms with Gasteiger partial charge in [-0.15, -0.1) is 0 Å². The van der Waals surface area contributed by atoms with Crippen LogP contribution in [-0.4, -0.2) is 97.1 Å². The Hall–Kier alpha value is -1.41. The summed E-state index contributed by atoms with van der Waals surface area (Å²) in [7, 11) is -2.71. The molecule has 4 N–H and O–H groups in total. The van der Waals surface area contributed by atoms with Gasteiger partial charge in [0, 0.05) is 20.2 Å². The fraction of sp³-hybridized carbons (Fsp3) is 0.706. The van der Waals surface area contributed by atoms with E-state index in [-0.39, 0.29) is 18.0 Å². The van der Waals surface area contributed by atoms with E-state index >= 15 is 0 Å². The summed E-state index contributed by atoms with van der Waals surface area (Å²) in [4.78, 5) is 32.8. The van der Waals surface area contributed by atoms with Crippen LogP contribution in [-0.2, 0) is 18.8 Å². The predicted octanol–water partition coefficient (Wildman–Crippen LogP) is -0.134. The van der Waals surface area contributed by atoms with Crippen LogP contribution in [0.25, 0.3) is 11.2 Å². The van der Waals surface area contributed by atoms with E-state index < -0.39 is 38.5 Å². The Morgan fingerprint density at radius 1 is 1.31 bits per heavy atom. The number of aromatic nitrogens is 4. The molecule has 2 aromatic rings. The number of aliphatic hydroxyl groups is 2. The molecule has 32 heavy (non-hydrogen) atoms. The van der Waals surface area contributed by atoms with Gasteiger partial charge in [0.15, 0.2) is 23.2 Å². The third-order valence-electron chi connectivity index (χ3n) is 5.54. The molecule has 0 saturated carbocycles. The lowest BCUT2D eigenvalue weighted by Gasteiger charge is -2.32. The zero-order valence-electron chi connectivity index (χ0n) is 17.2. The maximum Gasteiger partial charge on any atom is 0.350 e. The van der Waals surface area contributed by atoms with E-state index in [4.69, 9.17) is 35.6 Å². The zero-order valence-corrected chi connectivity index (χ0v) is 18.8. The summed E-state index contributed by atoms with van der Waals surface area (Å²) in [5, 5.41) is 20.9. The Morgan fingerprint density at radius 3 is 2.81 bits per heavy atom. The van der Waals surface area contributed by atoms with Crippen molar-refractivity contribution < 1.29 is 38.8 Å². The third kappa shape index (κ3) is 4.91. The van der Waals surface area contributed by atoms with Gasteiger partial charge in [-0.3, -0.25) is 9.13 Å². The first-order valence-electron chi connectivity index (χ1n) is 9.99. The SMILES string of the molecule is COC1CCCN(c2nc(Cl)nc3c2ncn3[C@@H]2O[C@H](COCP(=O)(O)O)[C@@H](O)[C@H]2O)C1. The summed E-state index contributed by atoms with van der Waals surface area (Å²) < 4.78 is 28.5. The number of imidazole rings is 1. The standard InChI is InChI=1S/C17H25ClN5O8P/c1-29-9-3-2-4-22(5-9)14-11-15(21-17(18)20-14)23(7-19-11)16-13(25)12(24)10(31-16)6-30-8-32(26,27)28/h7,9-10,12-13,16,24-25H,2-6,8H2,1H3,(H2,26,27,28)/t9?,10-,12-,13-,16-/m1/s1. The normalized spacial score (nSPS) is 29.2. The summed E-state index contributed by atoms with van der Waals surface area (Å²) >= 11 is 6.19. The van der Waals surface area contributed by atoms with Crippen molar-refractivity contribution in [2.75, 3.05) is 38.1 Å². The molecule has 0 radical (unpaired) electrons. The average Bonchev–Trinajstić information content (AvgIpc) is 3.28. The van der Waals surface area contributed by atoms with Crippen LogP contribution in [0.3, 0.4) is 0 Å². The van der Waals surface area contributed by atoms with Gasteiger partial charge in [0.05, 0.1) is 19.0 Å². The summed E-state index contributed by atoms with van der Waals surface area (Å²) in [6.07, 6.45) is -2.29. The highest BCUT2D eigenvalue weighted by Gasteiger charge is 2.44. The first-order valence-corrected chi connectivity index (χ1v) is 12.2. The number of fused-ring (bicyclic) bond motifs is 1. The first kappa shape index (κ1) is 23.7. The molecule has 2 saturated heterocycles. The minimum absolute atomic E-state index is 0.0108. The van der Waals surface area contributed by atoms with Gasteiger partial charge in [0.25, 0.3) is 0 Å². The number of ether oxygens (including phenoxy) is 3. The van der Waals surface area contributed by atoms with Gasteiger partial charge in [-0.2, -0.15) is 9.97 Å². The molecule has 0 bridgehead atoms. The Morgan fingerprint density at radius 2 is 2.09 bits per heavy atom. The van der Waals surface area contributed by atoms with Gasteiger partial charge in [-0.05, 0) is 24.4 Å². The molecule has 0 spiro atoms. The maximum atomic E-state index is 10.9. The molecule has 1 unspecified atom stereocenters. The molecule has 4 rings (SSSR count). The number of hydrogen-bond donors (Lipinski definition) is 4. The molecule has 2 fully saturated rings. The number of aliphatic hydroxyl groups excluding tert-OH is 2. The highest BCUT2D eigenvalue weighted by atomic mass is 35.5. The molecular weight excluding hydrogens is 469 g/mol. The van der Waals surface area contributed by atoms with E-state index in [9.17, 15) is 14.8 Å². The first-order chi connectivity index (χ1) is 15.2. The zero-order chi connectivity index (χ0) is 23.0. The fourth-order valence-electron chi connectivity index (χ4n) is 3.99. The van der Waals surface area contributed by atoms with E-state index in [1.807, 2.05) is 4.90 Å². The van der Waals surface area contributed by atoms with Crippen molar-refractivity contribution in [3.63, 3.8) is 0 Å². The van der Waals surface area contributed by atoms with Crippen LogP contribution in [0.5, 0.6) is 0 Å². The van der Waals surface area contributed by atoms with Gasteiger partial charge in [0.1, 0.15) is 24.7 Å². The Bertz CT molecular complexity index is 1000. The second-order valence-corrected chi connectivity index (χ2v) is 9.72. The maximum absolute atomic E-state index is 10.9. The minimum Gasteiger partial charge on any atom is -0.387 e. The largest absolute Gasteiger partial charge is 0.387 e. The van der Waals surface area contributed by atoms with E-state index in [0.29, 0.717) is 23.5 Å². The fourth-order valence-corrected chi connectivity index (χ4v) is 4.49. The van der Waals surface area contributed by atoms with Gasteiger partial charge >= 0.3 is 7.60 Å². The van der Waals surface area contributed by atoms with Gasteiger partial charge in [-0.1, -0.05) is 0 Å². The topological polar surface area (TPSA) is 173 Å². The lowest BCUT2D eigenvalue weighted by molar-refractivity contribution is -0.0612. The summed E-state index contributed by atoms with van der Waals surface area (Å²) in [6, 6.07) is 0. The van der Waals surface area contributed by atoms with Crippen LogP contribution in [0.2, 0.25) is 5.28 Å². The van der Waals surface area contributed by atoms with Crippen molar-refractivity contribution in [2.45, 2.75) is 43.5 Å². The van der Waals surface area contributed by atoms with Gasteiger partial charge in [0.2, 0.25) is 5.28 Å². The Balaban J connectivity index is 1.58. The van der Waals surface area contributed by atoms with Crippen molar-refractivity contribution in [1.82, 2.24) is 19.5 Å². The smallest absolute Gasteiger partial charge is 0.350 e. The van der Waals surface area contributed by atoms with E-state index in [1.54, 1.807) is 7.11 Å². The Kier molecular flexibility index (Phi) is 7.01. The molecule has 4 heterocycles. The van der Waals surface area contributed by atoms with Crippen molar-refractivity contribution >= 4 is 36.2 Å². The highest BCUT2D eigenvalue weighted by Crippen LogP contribution is 2.36. The van der Waals surface area contributed by atoms with Gasteiger partial charge < -0.3 is 39.1 Å². The molecule has 5 atom stereocenters. The molecule has 15 heteroatoms. The van der Waals surface area contributed by atoms with Crippen molar-refractivity contribution in [1.29, 1.82) is 0 Å². The number of hydrogen-bond acceptors (Lipinski definition) is 10. The number of nitrogens with zero attached hydrogens (tertiary/aromatic N) is 5.